The van der Waals surface area contributed by atoms with Crippen LogP contribution in [0.2, 0.25) is 0 Å². The number of carbonyl (C=O) groups is 2. The molecule has 1 atom stereocenters. The van der Waals surface area contributed by atoms with Crippen molar-refractivity contribution in [3.8, 4) is 11.5 Å². The lowest BCUT2D eigenvalue weighted by Crippen LogP contribution is -3.19. The van der Waals surface area contributed by atoms with E-state index in [0.29, 0.717) is 11.4 Å². The van der Waals surface area contributed by atoms with E-state index < -0.39 is 0 Å². The van der Waals surface area contributed by atoms with E-state index in [0.717, 1.165) is 37.6 Å². The summed E-state index contributed by atoms with van der Waals surface area (Å²) >= 11 is 0. The predicted molar refractivity (Wildman–Crippen MR) is 110 cm³/mol. The molecule has 2 amide bonds. The first-order chi connectivity index (χ1) is 14.1. The van der Waals surface area contributed by atoms with Crippen LogP contribution < -0.4 is 24.2 Å². The highest BCUT2D eigenvalue weighted by Gasteiger charge is 2.47. The minimum atomic E-state index is -0.328. The molecule has 7 heteroatoms. The van der Waals surface area contributed by atoms with Crippen LogP contribution in [0.25, 0.3) is 0 Å². The van der Waals surface area contributed by atoms with Gasteiger partial charge in [-0.05, 0) is 36.4 Å². The van der Waals surface area contributed by atoms with E-state index in [1.165, 1.54) is 9.80 Å². The third-order valence-corrected chi connectivity index (χ3v) is 5.81. The third kappa shape index (κ3) is 3.65. The zero-order chi connectivity index (χ0) is 20.4. The molecule has 152 valence electrons. The van der Waals surface area contributed by atoms with Crippen molar-refractivity contribution in [2.24, 2.45) is 0 Å². The van der Waals surface area contributed by atoms with Crippen LogP contribution in [-0.2, 0) is 9.59 Å². The van der Waals surface area contributed by atoms with Crippen molar-refractivity contribution in [2.45, 2.75) is 12.5 Å². The number of hydrogen-bond acceptors (Lipinski definition) is 5. The lowest BCUT2D eigenvalue weighted by atomic mass is 10.1. The Morgan fingerprint density at radius 1 is 0.931 bits per heavy atom. The summed E-state index contributed by atoms with van der Waals surface area (Å²) in [4.78, 5) is 30.6. The smallest absolute Gasteiger partial charge is 0.292 e. The average Bonchev–Trinajstić information content (AvgIpc) is 3.07. The second kappa shape index (κ2) is 8.13. The quantitative estimate of drug-likeness (QED) is 0.756. The summed E-state index contributed by atoms with van der Waals surface area (Å²) in [7, 11) is 3.20. The van der Waals surface area contributed by atoms with E-state index >= 15 is 0 Å². The normalized spacial score (nSPS) is 20.3. The largest absolute Gasteiger partial charge is 0.497 e. The number of para-hydroxylation sites is 2. The maximum Gasteiger partial charge on any atom is 0.292 e. The molecule has 7 nitrogen and oxygen atoms in total. The van der Waals surface area contributed by atoms with Gasteiger partial charge in [-0.15, -0.1) is 0 Å². The molecule has 0 spiro atoms. The van der Waals surface area contributed by atoms with Gasteiger partial charge in [-0.25, -0.2) is 4.90 Å². The van der Waals surface area contributed by atoms with Gasteiger partial charge in [0.05, 0.1) is 52.5 Å². The molecule has 2 aromatic carbocycles. The van der Waals surface area contributed by atoms with Gasteiger partial charge in [0.15, 0.2) is 6.04 Å². The van der Waals surface area contributed by atoms with Gasteiger partial charge in [-0.2, -0.15) is 0 Å². The highest BCUT2D eigenvalue weighted by Crippen LogP contribution is 2.31. The maximum absolute atomic E-state index is 13.1. The summed E-state index contributed by atoms with van der Waals surface area (Å²) in [6.07, 6.45) is 0.245. The van der Waals surface area contributed by atoms with Gasteiger partial charge in [0, 0.05) is 5.69 Å². The number of quaternary nitrogens is 1. The standard InChI is InChI=1S/C22H25N3O4/c1-28-17-9-7-16(8-10-17)23-11-13-24(14-12-23)19-15-21(26)25(22(19)27)18-5-3-4-6-20(18)29-2/h3-10,19H,11-15H2,1-2H3/p+1/t19-/m0/s1. The van der Waals surface area contributed by atoms with Crippen molar-refractivity contribution < 1.29 is 24.0 Å². The van der Waals surface area contributed by atoms with Crippen LogP contribution in [-0.4, -0.2) is 58.3 Å². The number of rotatable bonds is 5. The van der Waals surface area contributed by atoms with Crippen LogP contribution >= 0.6 is 0 Å². The van der Waals surface area contributed by atoms with E-state index in [1.807, 2.05) is 24.3 Å². The molecule has 0 radical (unpaired) electrons. The van der Waals surface area contributed by atoms with Crippen LogP contribution in [0.4, 0.5) is 11.4 Å². The Hall–Kier alpha value is -3.06. The SMILES string of the molecule is COc1ccc(N2CC[NH+]([C@H]3CC(=O)N(c4ccccc4OC)C3=O)CC2)cc1. The Bertz CT molecular complexity index is 891. The summed E-state index contributed by atoms with van der Waals surface area (Å²) in [5, 5.41) is 0. The molecule has 29 heavy (non-hydrogen) atoms. The lowest BCUT2D eigenvalue weighted by molar-refractivity contribution is -0.915. The maximum atomic E-state index is 13.1. The number of nitrogens with one attached hydrogen (secondary N) is 1. The van der Waals surface area contributed by atoms with E-state index in [-0.39, 0.29) is 24.3 Å². The molecule has 2 aromatic rings. The number of ether oxygens (including phenoxy) is 2. The zero-order valence-electron chi connectivity index (χ0n) is 16.8. The first-order valence-electron chi connectivity index (χ1n) is 9.85. The van der Waals surface area contributed by atoms with Crippen molar-refractivity contribution in [1.82, 2.24) is 0 Å². The number of anilines is 2. The predicted octanol–water partition coefficient (Wildman–Crippen LogP) is 0.741. The third-order valence-electron chi connectivity index (χ3n) is 5.81. The van der Waals surface area contributed by atoms with Gasteiger partial charge in [-0.1, -0.05) is 12.1 Å². The minimum absolute atomic E-state index is 0.132. The molecule has 0 bridgehead atoms. The number of methoxy groups -OCH3 is 2. The fourth-order valence-electron chi connectivity index (χ4n) is 4.21. The second-order valence-corrected chi connectivity index (χ2v) is 7.34. The number of hydrogen-bond donors (Lipinski definition) is 1. The fraction of sp³-hybridized carbons (Fsp3) is 0.364. The van der Waals surface area contributed by atoms with Crippen LogP contribution in [0.15, 0.2) is 48.5 Å². The van der Waals surface area contributed by atoms with Crippen molar-refractivity contribution in [2.75, 3.05) is 50.2 Å². The van der Waals surface area contributed by atoms with Crippen molar-refractivity contribution in [3.05, 3.63) is 48.5 Å². The summed E-state index contributed by atoms with van der Waals surface area (Å²) in [6.45, 7) is 3.31. The molecular formula is C22H26N3O4+. The highest BCUT2D eigenvalue weighted by molar-refractivity contribution is 6.22. The first-order valence-corrected chi connectivity index (χ1v) is 9.85. The Morgan fingerprint density at radius 2 is 1.62 bits per heavy atom. The summed E-state index contributed by atoms with van der Waals surface area (Å²) in [5.41, 5.74) is 1.68. The topological polar surface area (TPSA) is 63.5 Å². The van der Waals surface area contributed by atoms with Crippen molar-refractivity contribution in [3.63, 3.8) is 0 Å². The average molecular weight is 396 g/mol. The molecule has 4 rings (SSSR count). The Labute approximate surface area is 170 Å². The molecule has 2 heterocycles. The zero-order valence-corrected chi connectivity index (χ0v) is 16.8. The number of nitrogens with zero attached hydrogens (tertiary/aromatic N) is 2. The first kappa shape index (κ1) is 19.3. The van der Waals surface area contributed by atoms with E-state index in [1.54, 1.807) is 26.4 Å². The Morgan fingerprint density at radius 3 is 2.28 bits per heavy atom. The number of benzene rings is 2. The van der Waals surface area contributed by atoms with Crippen molar-refractivity contribution >= 4 is 23.2 Å². The molecule has 2 saturated heterocycles. The number of carbonyl (C=O) groups excluding carboxylic acids is 2. The van der Waals surface area contributed by atoms with Crippen LogP contribution in [0.3, 0.4) is 0 Å². The van der Waals surface area contributed by atoms with Gasteiger partial charge < -0.3 is 19.3 Å². The molecular weight excluding hydrogens is 370 g/mol. The minimum Gasteiger partial charge on any atom is -0.497 e. The molecule has 2 fully saturated rings. The summed E-state index contributed by atoms with van der Waals surface area (Å²) < 4.78 is 10.6. The molecule has 0 saturated carbocycles. The second-order valence-electron chi connectivity index (χ2n) is 7.34. The Kier molecular flexibility index (Phi) is 5.40. The van der Waals surface area contributed by atoms with E-state index in [2.05, 4.69) is 17.0 Å². The monoisotopic (exact) mass is 396 g/mol. The van der Waals surface area contributed by atoms with E-state index in [4.69, 9.17) is 9.47 Å². The Balaban J connectivity index is 1.43. The summed E-state index contributed by atoms with van der Waals surface area (Å²) in [6, 6.07) is 14.9. The molecule has 0 aromatic heterocycles. The fourth-order valence-corrected chi connectivity index (χ4v) is 4.21. The van der Waals surface area contributed by atoms with E-state index in [9.17, 15) is 9.59 Å². The summed E-state index contributed by atoms with van der Waals surface area (Å²) in [5.74, 6) is 1.08. The highest BCUT2D eigenvalue weighted by atomic mass is 16.5. The van der Waals surface area contributed by atoms with Gasteiger partial charge in [0.2, 0.25) is 5.91 Å². The van der Waals surface area contributed by atoms with Crippen LogP contribution in [0.1, 0.15) is 6.42 Å². The number of amides is 2. The molecule has 0 aliphatic carbocycles. The number of piperazine rings is 1. The molecule has 2 aliphatic rings. The molecule has 1 N–H and O–H groups in total. The van der Waals surface area contributed by atoms with Gasteiger partial charge in [-0.3, -0.25) is 9.59 Å². The molecule has 0 unspecified atom stereocenters. The van der Waals surface area contributed by atoms with Crippen LogP contribution in [0.5, 0.6) is 11.5 Å². The van der Waals surface area contributed by atoms with Gasteiger partial charge >= 0.3 is 0 Å². The van der Waals surface area contributed by atoms with Gasteiger partial charge in [0.1, 0.15) is 11.5 Å². The van der Waals surface area contributed by atoms with Gasteiger partial charge in [0.25, 0.3) is 5.91 Å². The van der Waals surface area contributed by atoms with Crippen molar-refractivity contribution in [1.29, 1.82) is 0 Å². The number of imide groups is 1. The molecule has 2 aliphatic heterocycles. The lowest BCUT2D eigenvalue weighted by Gasteiger charge is -2.35. The van der Waals surface area contributed by atoms with Crippen LogP contribution in [0, 0.1) is 0 Å².